The fourth-order valence-corrected chi connectivity index (χ4v) is 2.26. The van der Waals surface area contributed by atoms with Crippen LogP contribution < -0.4 is 0 Å². The SMILES string of the molecule is C=C(C(=O)OC)c1ccccc1S(=O)(=O)Cl. The molecule has 0 radical (unpaired) electrons. The molecular formula is C10H9ClO4S. The van der Waals surface area contributed by atoms with Gasteiger partial charge in [-0.25, -0.2) is 13.2 Å². The molecule has 0 spiro atoms. The van der Waals surface area contributed by atoms with Crippen LogP contribution in [0.5, 0.6) is 0 Å². The average molecular weight is 261 g/mol. The molecule has 0 bridgehead atoms. The Morgan fingerprint density at radius 2 is 1.94 bits per heavy atom. The van der Waals surface area contributed by atoms with Crippen molar-refractivity contribution < 1.29 is 17.9 Å². The van der Waals surface area contributed by atoms with Crippen LogP contribution in [0.4, 0.5) is 0 Å². The van der Waals surface area contributed by atoms with E-state index in [1.165, 1.54) is 25.3 Å². The monoisotopic (exact) mass is 260 g/mol. The van der Waals surface area contributed by atoms with Crippen molar-refractivity contribution in [3.05, 3.63) is 36.4 Å². The summed E-state index contributed by atoms with van der Waals surface area (Å²) < 4.78 is 26.9. The second-order valence-electron chi connectivity index (χ2n) is 2.90. The number of hydrogen-bond donors (Lipinski definition) is 0. The first-order valence-electron chi connectivity index (χ1n) is 4.19. The highest BCUT2D eigenvalue weighted by Gasteiger charge is 2.20. The van der Waals surface area contributed by atoms with Crippen molar-refractivity contribution in [2.45, 2.75) is 4.90 Å². The minimum atomic E-state index is -3.92. The van der Waals surface area contributed by atoms with Crippen molar-refractivity contribution in [2.75, 3.05) is 7.11 Å². The molecule has 0 aromatic heterocycles. The third-order valence-electron chi connectivity index (χ3n) is 1.91. The Balaban J connectivity index is 3.36. The molecule has 0 aliphatic carbocycles. The molecule has 4 nitrogen and oxygen atoms in total. The van der Waals surface area contributed by atoms with Crippen molar-refractivity contribution in [2.24, 2.45) is 0 Å². The molecule has 16 heavy (non-hydrogen) atoms. The molecule has 0 unspecified atom stereocenters. The number of esters is 1. The van der Waals surface area contributed by atoms with Crippen LogP contribution in [0.3, 0.4) is 0 Å². The predicted octanol–water partition coefficient (Wildman–Crippen LogP) is 1.80. The summed E-state index contributed by atoms with van der Waals surface area (Å²) in [5.74, 6) is -0.701. The first-order chi connectivity index (χ1) is 7.38. The lowest BCUT2D eigenvalue weighted by atomic mass is 10.1. The van der Waals surface area contributed by atoms with Gasteiger partial charge < -0.3 is 4.74 Å². The van der Waals surface area contributed by atoms with Gasteiger partial charge in [0.25, 0.3) is 9.05 Å². The Hall–Kier alpha value is -1.33. The standard InChI is InChI=1S/C10H9ClO4S/c1-7(10(12)15-2)8-5-3-4-6-9(8)16(11,13)14/h3-6H,1H2,2H3. The van der Waals surface area contributed by atoms with Gasteiger partial charge in [-0.2, -0.15) is 0 Å². The van der Waals surface area contributed by atoms with E-state index < -0.39 is 15.0 Å². The fraction of sp³-hybridized carbons (Fsp3) is 0.100. The van der Waals surface area contributed by atoms with E-state index in [1.807, 2.05) is 0 Å². The minimum absolute atomic E-state index is 0.0534. The highest BCUT2D eigenvalue weighted by Crippen LogP contribution is 2.25. The van der Waals surface area contributed by atoms with Gasteiger partial charge in [-0.15, -0.1) is 0 Å². The van der Waals surface area contributed by atoms with Crippen molar-refractivity contribution in [1.82, 2.24) is 0 Å². The smallest absolute Gasteiger partial charge is 0.337 e. The van der Waals surface area contributed by atoms with Crippen LogP contribution >= 0.6 is 10.7 Å². The highest BCUT2D eigenvalue weighted by molar-refractivity contribution is 8.13. The Bertz CT molecular complexity index is 534. The van der Waals surface area contributed by atoms with Crippen molar-refractivity contribution >= 4 is 31.3 Å². The third-order valence-corrected chi connectivity index (χ3v) is 3.29. The molecule has 0 N–H and O–H groups in total. The number of carbonyl (C=O) groups is 1. The first kappa shape index (κ1) is 12.7. The maximum Gasteiger partial charge on any atom is 0.337 e. The molecule has 0 saturated carbocycles. The van der Waals surface area contributed by atoms with Crippen molar-refractivity contribution in [3.8, 4) is 0 Å². The summed E-state index contributed by atoms with van der Waals surface area (Å²) >= 11 is 0. The molecular weight excluding hydrogens is 252 g/mol. The maximum absolute atomic E-state index is 11.2. The predicted molar refractivity (Wildman–Crippen MR) is 60.5 cm³/mol. The molecule has 1 rings (SSSR count). The van der Waals surface area contributed by atoms with Crippen molar-refractivity contribution in [1.29, 1.82) is 0 Å². The Kier molecular flexibility index (Phi) is 3.72. The summed E-state index contributed by atoms with van der Waals surface area (Å²) in [5, 5.41) is 0. The molecule has 0 saturated heterocycles. The molecule has 86 valence electrons. The average Bonchev–Trinajstić information content (AvgIpc) is 2.26. The summed E-state index contributed by atoms with van der Waals surface area (Å²) in [6, 6.07) is 5.82. The molecule has 0 atom stereocenters. The zero-order chi connectivity index (χ0) is 12.3. The summed E-state index contributed by atoms with van der Waals surface area (Å²) in [6.45, 7) is 3.47. The van der Waals surface area contributed by atoms with E-state index in [0.29, 0.717) is 0 Å². The quantitative estimate of drug-likeness (QED) is 0.472. The van der Waals surface area contributed by atoms with E-state index in [1.54, 1.807) is 6.07 Å². The lowest BCUT2D eigenvalue weighted by Crippen LogP contribution is -2.06. The number of halogens is 1. The third kappa shape index (κ3) is 2.62. The van der Waals surface area contributed by atoms with Crippen molar-refractivity contribution in [3.63, 3.8) is 0 Å². The number of benzene rings is 1. The summed E-state index contributed by atoms with van der Waals surface area (Å²) in [5.41, 5.74) is 0.0895. The van der Waals surface area contributed by atoms with E-state index in [2.05, 4.69) is 11.3 Å². The molecule has 0 amide bonds. The van der Waals surface area contributed by atoms with E-state index in [9.17, 15) is 13.2 Å². The lowest BCUT2D eigenvalue weighted by molar-refractivity contribution is -0.133. The molecule has 0 fully saturated rings. The number of methoxy groups -OCH3 is 1. The van der Waals surface area contributed by atoms with Crippen LogP contribution in [0, 0.1) is 0 Å². The summed E-state index contributed by atoms with van der Waals surface area (Å²) in [7, 11) is 2.50. The summed E-state index contributed by atoms with van der Waals surface area (Å²) in [4.78, 5) is 11.1. The van der Waals surface area contributed by atoms with Gasteiger partial charge >= 0.3 is 5.97 Å². The van der Waals surface area contributed by atoms with Gasteiger partial charge in [0.05, 0.1) is 17.6 Å². The molecule has 1 aromatic carbocycles. The zero-order valence-corrected chi connectivity index (χ0v) is 10.0. The molecule has 0 heterocycles. The van der Waals surface area contributed by atoms with Crippen LogP contribution in [0.25, 0.3) is 5.57 Å². The van der Waals surface area contributed by atoms with Gasteiger partial charge in [0, 0.05) is 16.2 Å². The largest absolute Gasteiger partial charge is 0.465 e. The van der Waals surface area contributed by atoms with E-state index in [0.717, 1.165) is 0 Å². The van der Waals surface area contributed by atoms with Gasteiger partial charge in [-0.1, -0.05) is 24.8 Å². The van der Waals surface area contributed by atoms with E-state index >= 15 is 0 Å². The number of carbonyl (C=O) groups excluding carboxylic acids is 1. The molecule has 0 aliphatic rings. The number of rotatable bonds is 3. The van der Waals surface area contributed by atoms with Gasteiger partial charge in [-0.05, 0) is 6.07 Å². The molecule has 1 aromatic rings. The fourth-order valence-electron chi connectivity index (χ4n) is 1.16. The van der Waals surface area contributed by atoms with Crippen LogP contribution in [0.1, 0.15) is 5.56 Å². The maximum atomic E-state index is 11.2. The summed E-state index contributed by atoms with van der Waals surface area (Å²) in [6.07, 6.45) is 0. The Morgan fingerprint density at radius 3 is 2.44 bits per heavy atom. The molecule has 0 aliphatic heterocycles. The first-order valence-corrected chi connectivity index (χ1v) is 6.50. The minimum Gasteiger partial charge on any atom is -0.465 e. The van der Waals surface area contributed by atoms with Gasteiger partial charge in [0.15, 0.2) is 0 Å². The Labute approximate surface area is 97.9 Å². The second kappa shape index (κ2) is 4.67. The van der Waals surface area contributed by atoms with Crippen LogP contribution in [0.2, 0.25) is 0 Å². The normalized spacial score (nSPS) is 10.9. The second-order valence-corrected chi connectivity index (χ2v) is 5.44. The van der Waals surface area contributed by atoms with Crippen LogP contribution in [-0.4, -0.2) is 21.5 Å². The highest BCUT2D eigenvalue weighted by atomic mass is 35.7. The lowest BCUT2D eigenvalue weighted by Gasteiger charge is -2.07. The van der Waals surface area contributed by atoms with E-state index in [-0.39, 0.29) is 16.0 Å². The number of hydrogen-bond acceptors (Lipinski definition) is 4. The number of ether oxygens (including phenoxy) is 1. The Morgan fingerprint density at radius 1 is 1.38 bits per heavy atom. The topological polar surface area (TPSA) is 60.4 Å². The van der Waals surface area contributed by atoms with Gasteiger partial charge in [-0.3, -0.25) is 0 Å². The molecule has 6 heteroatoms. The van der Waals surface area contributed by atoms with E-state index in [4.69, 9.17) is 10.7 Å². The van der Waals surface area contributed by atoms with Crippen LogP contribution in [0.15, 0.2) is 35.7 Å². The van der Waals surface area contributed by atoms with Gasteiger partial charge in [0.2, 0.25) is 0 Å². The van der Waals surface area contributed by atoms with Crippen LogP contribution in [-0.2, 0) is 18.6 Å². The zero-order valence-electron chi connectivity index (χ0n) is 8.44. The van der Waals surface area contributed by atoms with Gasteiger partial charge in [0.1, 0.15) is 0 Å².